The van der Waals surface area contributed by atoms with E-state index in [9.17, 15) is 9.59 Å². The monoisotopic (exact) mass is 636 g/mol. The average Bonchev–Trinajstić information content (AvgIpc) is 3.69. The smallest absolute Gasteiger partial charge is 0.0253 e. The number of hydrogen-bond donors (Lipinski definition) is 2. The fraction of sp³-hybridized carbons (Fsp3) is 0.0488. The Labute approximate surface area is 281 Å². The summed E-state index contributed by atoms with van der Waals surface area (Å²) in [6.45, 7) is 0. The van der Waals surface area contributed by atoms with Crippen molar-refractivity contribution >= 4 is 16.8 Å². The van der Waals surface area contributed by atoms with Crippen LogP contribution in [-0.2, 0) is 32.8 Å². The molecular weight excluding hydrogens is 604 g/mol. The second kappa shape index (κ2) is 17.4. The van der Waals surface area contributed by atoms with Crippen LogP contribution in [0.3, 0.4) is 0 Å². The van der Waals surface area contributed by atoms with Gasteiger partial charge in [0, 0.05) is 0 Å². The SMILES string of the molecule is O=C(O)c1ccccc1.O=C(O)c1ccccc1.[CH2]=[Ti+2].[c-]1cccc2c1Cc1ccccc1-2.[c-]1cccc2c1Cc1ccccc1-2. The Balaban J connectivity index is 0.000000139. The molecule has 0 aromatic heterocycles. The van der Waals surface area contributed by atoms with E-state index in [1.807, 2.05) is 12.1 Å². The van der Waals surface area contributed by atoms with Gasteiger partial charge in [-0.25, -0.2) is 9.59 Å². The van der Waals surface area contributed by atoms with Crippen LogP contribution < -0.4 is 0 Å². The van der Waals surface area contributed by atoms with Gasteiger partial charge in [-0.15, -0.1) is 11.1 Å². The average molecular weight is 637 g/mol. The first-order valence-electron chi connectivity index (χ1n) is 14.6. The van der Waals surface area contributed by atoms with E-state index in [4.69, 9.17) is 10.2 Å². The molecule has 4 nitrogen and oxygen atoms in total. The number of carbonyl (C=O) groups is 2. The van der Waals surface area contributed by atoms with E-state index in [2.05, 4.69) is 89.7 Å². The van der Waals surface area contributed by atoms with Crippen LogP contribution in [0.2, 0.25) is 0 Å². The first-order chi connectivity index (χ1) is 22.5. The molecule has 0 heterocycles. The van der Waals surface area contributed by atoms with Gasteiger partial charge in [-0.05, 0) is 37.1 Å². The van der Waals surface area contributed by atoms with Crippen molar-refractivity contribution < 1.29 is 39.8 Å². The van der Waals surface area contributed by atoms with Crippen molar-refractivity contribution in [3.63, 3.8) is 0 Å². The van der Waals surface area contributed by atoms with E-state index in [1.54, 1.807) is 80.6 Å². The molecule has 46 heavy (non-hydrogen) atoms. The molecule has 0 fully saturated rings. The third kappa shape index (κ3) is 8.95. The van der Waals surface area contributed by atoms with Gasteiger partial charge in [0.2, 0.25) is 0 Å². The van der Waals surface area contributed by atoms with E-state index in [1.165, 1.54) is 44.5 Å². The van der Waals surface area contributed by atoms with Gasteiger partial charge in [0.15, 0.2) is 0 Å². The Morgan fingerprint density at radius 3 is 1.15 bits per heavy atom. The molecule has 6 aromatic rings. The number of carboxylic acid groups (broad SMARTS) is 2. The molecule has 2 aliphatic rings. The molecule has 0 saturated heterocycles. The van der Waals surface area contributed by atoms with Gasteiger partial charge in [-0.2, -0.15) is 59.7 Å². The van der Waals surface area contributed by atoms with Crippen molar-refractivity contribution in [3.05, 3.63) is 191 Å². The normalized spacial score (nSPS) is 10.6. The maximum atomic E-state index is 10.2. The summed E-state index contributed by atoms with van der Waals surface area (Å²) in [6.07, 6.45) is 2.10. The van der Waals surface area contributed by atoms with Crippen molar-refractivity contribution in [1.29, 1.82) is 0 Å². The Bertz CT molecular complexity index is 1660. The Morgan fingerprint density at radius 2 is 0.804 bits per heavy atom. The topological polar surface area (TPSA) is 74.6 Å². The van der Waals surface area contributed by atoms with Gasteiger partial charge in [0.25, 0.3) is 0 Å². The number of hydrogen-bond acceptors (Lipinski definition) is 2. The molecule has 5 heteroatoms. The molecule has 2 aliphatic carbocycles. The quantitative estimate of drug-likeness (QED) is 0.147. The molecule has 0 amide bonds. The molecule has 8 rings (SSSR count). The Kier molecular flexibility index (Phi) is 12.7. The van der Waals surface area contributed by atoms with Crippen LogP contribution in [0, 0.1) is 12.1 Å². The Morgan fingerprint density at radius 1 is 0.478 bits per heavy atom. The molecule has 0 unspecified atom stereocenters. The van der Waals surface area contributed by atoms with Crippen molar-refractivity contribution in [1.82, 2.24) is 0 Å². The number of rotatable bonds is 2. The van der Waals surface area contributed by atoms with Crippen molar-refractivity contribution in [2.75, 3.05) is 0 Å². The minimum absolute atomic E-state index is 0.331. The van der Waals surface area contributed by atoms with Crippen molar-refractivity contribution in [2.24, 2.45) is 0 Å². The predicted octanol–water partition coefficient (Wildman–Crippen LogP) is 8.85. The molecule has 0 spiro atoms. The summed E-state index contributed by atoms with van der Waals surface area (Å²) in [5.41, 5.74) is 11.7. The second-order valence-corrected chi connectivity index (χ2v) is 10.1. The van der Waals surface area contributed by atoms with Crippen LogP contribution in [-0.4, -0.2) is 27.0 Å². The molecule has 0 saturated carbocycles. The van der Waals surface area contributed by atoms with Crippen LogP contribution in [0.4, 0.5) is 0 Å². The van der Waals surface area contributed by atoms with Crippen LogP contribution in [0.25, 0.3) is 22.3 Å². The number of aromatic carboxylic acids is 2. The molecule has 6 aromatic carbocycles. The third-order valence-corrected chi connectivity index (χ3v) is 7.27. The van der Waals surface area contributed by atoms with Gasteiger partial charge < -0.3 is 10.2 Å². The molecule has 0 bridgehead atoms. The van der Waals surface area contributed by atoms with E-state index in [-0.39, 0.29) is 0 Å². The zero-order valence-electron chi connectivity index (χ0n) is 25.2. The second-order valence-electron chi connectivity index (χ2n) is 10.1. The first-order valence-corrected chi connectivity index (χ1v) is 15.7. The van der Waals surface area contributed by atoms with Gasteiger partial charge >= 0.3 is 36.7 Å². The van der Waals surface area contributed by atoms with Gasteiger partial charge in [0.1, 0.15) is 0 Å². The molecule has 0 atom stereocenters. The molecule has 0 radical (unpaired) electrons. The summed E-state index contributed by atoms with van der Waals surface area (Å²) in [5, 5.41) is 16.8. The first kappa shape index (κ1) is 33.7. The number of carboxylic acids is 2. The largest absolute Gasteiger partial charge is 0.179 e. The predicted molar refractivity (Wildman–Crippen MR) is 181 cm³/mol. The van der Waals surface area contributed by atoms with E-state index >= 15 is 0 Å². The fourth-order valence-electron chi connectivity index (χ4n) is 5.16. The maximum Gasteiger partial charge on any atom is -0.0253 e. The minimum atomic E-state index is -0.879. The fourth-order valence-corrected chi connectivity index (χ4v) is 5.16. The summed E-state index contributed by atoms with van der Waals surface area (Å²) < 4.78 is 0. The van der Waals surface area contributed by atoms with Crippen molar-refractivity contribution in [3.8, 4) is 22.3 Å². The summed E-state index contributed by atoms with van der Waals surface area (Å²) in [7, 11) is 0. The van der Waals surface area contributed by atoms with Crippen molar-refractivity contribution in [2.45, 2.75) is 12.8 Å². The van der Waals surface area contributed by atoms with E-state index in [0.717, 1.165) is 12.8 Å². The van der Waals surface area contributed by atoms with Crippen LogP contribution in [0.5, 0.6) is 0 Å². The molecular formula is C41H32O4Ti. The van der Waals surface area contributed by atoms with Gasteiger partial charge in [-0.1, -0.05) is 107 Å². The summed E-state index contributed by atoms with van der Waals surface area (Å²) >= 11 is 1.75. The minimum Gasteiger partial charge on any atom is -0.179 e. The molecule has 224 valence electrons. The van der Waals surface area contributed by atoms with Crippen LogP contribution >= 0.6 is 0 Å². The molecule has 0 aliphatic heterocycles. The summed E-state index contributed by atoms with van der Waals surface area (Å²) in [6, 6.07) is 52.8. The van der Waals surface area contributed by atoms with Gasteiger partial charge in [-0.3, -0.25) is 0 Å². The van der Waals surface area contributed by atoms with Crippen LogP contribution in [0.15, 0.2) is 146 Å². The number of fused-ring (bicyclic) bond motifs is 6. The Hall–Kier alpha value is -5.16. The van der Waals surface area contributed by atoms with Gasteiger partial charge in [0.05, 0.1) is 11.1 Å². The van der Waals surface area contributed by atoms with Crippen LogP contribution in [0.1, 0.15) is 43.0 Å². The van der Waals surface area contributed by atoms with E-state index in [0.29, 0.717) is 11.1 Å². The summed E-state index contributed by atoms with van der Waals surface area (Å²) in [5.74, 6) is -1.76. The van der Waals surface area contributed by atoms with E-state index < -0.39 is 11.9 Å². The maximum absolute atomic E-state index is 10.2. The zero-order chi connectivity index (χ0) is 32.7. The zero-order valence-corrected chi connectivity index (χ0v) is 26.8. The third-order valence-electron chi connectivity index (χ3n) is 7.27. The molecule has 2 N–H and O–H groups in total. The number of benzene rings is 6. The summed E-state index contributed by atoms with van der Waals surface area (Å²) in [4.78, 5) is 23.7. The standard InChI is InChI=1S/2C13H9.2C7H6O2.CH2.Ti/c2*1-3-7-12-10(5-1)9-11-6-2-4-8-13(11)12;2*8-7(9)6-4-2-1-3-5-6;;/h2*1-5,7-8H,9H2;2*1-5H,(H,8,9);1H2;/q2*-1;;;;+2.